The number of hydrogen-bond acceptors (Lipinski definition) is 3. The maximum absolute atomic E-state index is 11.5. The first kappa shape index (κ1) is 9.66. The van der Waals surface area contributed by atoms with Gasteiger partial charge in [0.1, 0.15) is 6.61 Å². The van der Waals surface area contributed by atoms with Gasteiger partial charge in [-0.3, -0.25) is 4.79 Å². The third-order valence-electron chi connectivity index (χ3n) is 2.18. The molecule has 1 saturated carbocycles. The second-order valence-electron chi connectivity index (χ2n) is 3.44. The van der Waals surface area contributed by atoms with Crippen molar-refractivity contribution < 1.29 is 14.1 Å². The molecule has 1 unspecified atom stereocenters. The number of rotatable bonds is 4. The zero-order valence-corrected chi connectivity index (χ0v) is 8.39. The largest absolute Gasteiger partial charge is 0.461 e. The van der Waals surface area contributed by atoms with E-state index in [1.807, 2.05) is 6.92 Å². The molecule has 0 aromatic heterocycles. The number of ether oxygens (including phenoxy) is 1. The summed E-state index contributed by atoms with van der Waals surface area (Å²) in [4.78, 5) is 10.4. The summed E-state index contributed by atoms with van der Waals surface area (Å²) in [7, 11) is -1.17. The van der Waals surface area contributed by atoms with E-state index in [2.05, 4.69) is 0 Å². The Kier molecular flexibility index (Phi) is 2.84. The van der Waals surface area contributed by atoms with Gasteiger partial charge in [-0.05, 0) is 6.92 Å². The predicted molar refractivity (Wildman–Crippen MR) is 46.7 cm³/mol. The molecule has 68 valence electrons. The molecule has 0 N–H and O–H groups in total. The number of hydrogen-bond donors (Lipinski definition) is 0. The van der Waals surface area contributed by atoms with E-state index in [0.717, 1.165) is 12.8 Å². The van der Waals surface area contributed by atoms with E-state index in [9.17, 15) is 9.36 Å². The average molecular weight is 189 g/mol. The Morgan fingerprint density at radius 3 is 2.58 bits per heavy atom. The van der Waals surface area contributed by atoms with E-state index in [1.54, 1.807) is 0 Å². The Bertz CT molecular complexity index is 208. The van der Waals surface area contributed by atoms with Crippen molar-refractivity contribution >= 4 is 13.8 Å². The number of carbonyl (C=O) groups is 1. The Morgan fingerprint density at radius 1 is 1.58 bits per heavy atom. The molecular formula is C8H14O3P+. The standard InChI is InChI=1S/C8H14O3P/c1-7(9)11-5-6-12(10)8(2)3-4-8/h3-6H2,1-2H3/q+1. The minimum Gasteiger partial charge on any atom is -0.461 e. The third-order valence-corrected chi connectivity index (χ3v) is 4.42. The summed E-state index contributed by atoms with van der Waals surface area (Å²) in [5.41, 5.74) is 0. The first-order valence-corrected chi connectivity index (χ1v) is 5.57. The van der Waals surface area contributed by atoms with E-state index in [4.69, 9.17) is 4.74 Å². The predicted octanol–water partition coefficient (Wildman–Crippen LogP) is 1.93. The molecule has 0 saturated heterocycles. The highest BCUT2D eigenvalue weighted by Crippen LogP contribution is 2.56. The van der Waals surface area contributed by atoms with Gasteiger partial charge in [0.25, 0.3) is 0 Å². The van der Waals surface area contributed by atoms with Gasteiger partial charge in [0.2, 0.25) is 0 Å². The SMILES string of the molecule is CC(=O)OCC[P+](=O)C1(C)CC1. The lowest BCUT2D eigenvalue weighted by Crippen LogP contribution is -2.05. The van der Waals surface area contributed by atoms with Crippen LogP contribution in [0.15, 0.2) is 0 Å². The summed E-state index contributed by atoms with van der Waals surface area (Å²) in [6, 6.07) is 0. The maximum Gasteiger partial charge on any atom is 0.348 e. The van der Waals surface area contributed by atoms with Gasteiger partial charge < -0.3 is 4.74 Å². The number of carbonyl (C=O) groups excluding carboxylic acids is 1. The molecule has 1 fully saturated rings. The van der Waals surface area contributed by atoms with E-state index in [1.165, 1.54) is 6.92 Å². The second kappa shape index (κ2) is 3.53. The van der Waals surface area contributed by atoms with Crippen LogP contribution in [0.1, 0.15) is 26.7 Å². The molecule has 0 aromatic carbocycles. The highest BCUT2D eigenvalue weighted by atomic mass is 31.1. The molecule has 1 atom stereocenters. The van der Waals surface area contributed by atoms with E-state index >= 15 is 0 Å². The fourth-order valence-corrected chi connectivity index (χ4v) is 2.38. The van der Waals surface area contributed by atoms with Crippen LogP contribution in [-0.4, -0.2) is 23.9 Å². The van der Waals surface area contributed by atoms with Crippen LogP contribution >= 0.6 is 7.80 Å². The number of esters is 1. The quantitative estimate of drug-likeness (QED) is 0.501. The molecule has 0 aliphatic heterocycles. The molecule has 0 radical (unpaired) electrons. The van der Waals surface area contributed by atoms with Gasteiger partial charge >= 0.3 is 13.8 Å². The van der Waals surface area contributed by atoms with Crippen molar-refractivity contribution in [2.75, 3.05) is 12.8 Å². The Hall–Kier alpha value is -0.430. The monoisotopic (exact) mass is 189 g/mol. The van der Waals surface area contributed by atoms with Crippen molar-refractivity contribution in [3.8, 4) is 0 Å². The van der Waals surface area contributed by atoms with Crippen LogP contribution in [0.4, 0.5) is 0 Å². The van der Waals surface area contributed by atoms with Gasteiger partial charge in [-0.2, -0.15) is 0 Å². The zero-order valence-electron chi connectivity index (χ0n) is 7.50. The molecule has 3 nitrogen and oxygen atoms in total. The molecule has 0 amide bonds. The molecule has 0 bridgehead atoms. The summed E-state index contributed by atoms with van der Waals surface area (Å²) in [6.07, 6.45) is 2.63. The lowest BCUT2D eigenvalue weighted by molar-refractivity contribution is -0.140. The topological polar surface area (TPSA) is 43.4 Å². The Morgan fingerprint density at radius 2 is 2.17 bits per heavy atom. The molecule has 4 heteroatoms. The van der Waals surface area contributed by atoms with Crippen LogP contribution in [0.25, 0.3) is 0 Å². The first-order chi connectivity index (χ1) is 5.54. The van der Waals surface area contributed by atoms with E-state index < -0.39 is 7.80 Å². The van der Waals surface area contributed by atoms with Crippen molar-refractivity contribution in [3.63, 3.8) is 0 Å². The Labute approximate surface area is 73.3 Å². The van der Waals surface area contributed by atoms with Crippen molar-refractivity contribution in [2.45, 2.75) is 31.8 Å². The zero-order chi connectivity index (χ0) is 9.19. The van der Waals surface area contributed by atoms with Crippen LogP contribution in [-0.2, 0) is 14.1 Å². The van der Waals surface area contributed by atoms with Gasteiger partial charge in [-0.25, -0.2) is 0 Å². The fourth-order valence-electron chi connectivity index (χ4n) is 0.973. The van der Waals surface area contributed by atoms with Crippen molar-refractivity contribution in [3.05, 3.63) is 0 Å². The molecule has 12 heavy (non-hydrogen) atoms. The summed E-state index contributed by atoms with van der Waals surface area (Å²) in [6.45, 7) is 3.70. The van der Waals surface area contributed by atoms with Crippen LogP contribution in [0.3, 0.4) is 0 Å². The van der Waals surface area contributed by atoms with Gasteiger partial charge in [-0.1, -0.05) is 4.57 Å². The minimum atomic E-state index is -1.17. The summed E-state index contributed by atoms with van der Waals surface area (Å²) in [5, 5.41) is 0.0650. The second-order valence-corrected chi connectivity index (χ2v) is 5.72. The van der Waals surface area contributed by atoms with Crippen molar-refractivity contribution in [1.82, 2.24) is 0 Å². The van der Waals surface area contributed by atoms with Gasteiger partial charge in [0.15, 0.2) is 11.3 Å². The molecule has 0 spiro atoms. The maximum atomic E-state index is 11.5. The molecular weight excluding hydrogens is 175 g/mol. The molecule has 0 aromatic rings. The first-order valence-electron chi connectivity index (χ1n) is 4.13. The third kappa shape index (κ3) is 2.56. The summed E-state index contributed by atoms with van der Waals surface area (Å²) < 4.78 is 16.2. The van der Waals surface area contributed by atoms with Crippen LogP contribution in [0.2, 0.25) is 0 Å². The fraction of sp³-hybridized carbons (Fsp3) is 0.875. The van der Waals surface area contributed by atoms with Gasteiger partial charge in [0.05, 0.1) is 0 Å². The van der Waals surface area contributed by atoms with Crippen molar-refractivity contribution in [1.29, 1.82) is 0 Å². The molecule has 1 rings (SSSR count). The lowest BCUT2D eigenvalue weighted by atomic mass is 10.5. The van der Waals surface area contributed by atoms with Gasteiger partial charge in [-0.15, -0.1) is 0 Å². The average Bonchev–Trinajstić information content (AvgIpc) is 2.68. The summed E-state index contributed by atoms with van der Waals surface area (Å²) >= 11 is 0. The molecule has 1 aliphatic rings. The Balaban J connectivity index is 2.15. The van der Waals surface area contributed by atoms with E-state index in [-0.39, 0.29) is 11.1 Å². The highest BCUT2D eigenvalue weighted by Gasteiger charge is 2.54. The van der Waals surface area contributed by atoms with Crippen molar-refractivity contribution in [2.24, 2.45) is 0 Å². The van der Waals surface area contributed by atoms with Gasteiger partial charge in [0, 0.05) is 19.8 Å². The minimum absolute atomic E-state index is 0.0650. The van der Waals surface area contributed by atoms with Crippen LogP contribution < -0.4 is 0 Å². The van der Waals surface area contributed by atoms with Crippen LogP contribution in [0.5, 0.6) is 0 Å². The molecule has 0 heterocycles. The van der Waals surface area contributed by atoms with Crippen LogP contribution in [0, 0.1) is 0 Å². The lowest BCUT2D eigenvalue weighted by Gasteiger charge is -1.96. The molecule has 1 aliphatic carbocycles. The normalized spacial score (nSPS) is 20.0. The highest BCUT2D eigenvalue weighted by molar-refractivity contribution is 7.47. The summed E-state index contributed by atoms with van der Waals surface area (Å²) in [5.74, 6) is -0.292. The van der Waals surface area contributed by atoms with E-state index in [0.29, 0.717) is 12.8 Å². The smallest absolute Gasteiger partial charge is 0.348 e.